The maximum atomic E-state index is 6.05. The van der Waals surface area contributed by atoms with Crippen molar-refractivity contribution in [3.63, 3.8) is 0 Å². The van der Waals surface area contributed by atoms with Crippen molar-refractivity contribution in [2.45, 2.75) is 81.1 Å². The van der Waals surface area contributed by atoms with Crippen LogP contribution in [0.25, 0.3) is 0 Å². The molecular formula is C25H33N5OSSi. The molecule has 174 valence electrons. The van der Waals surface area contributed by atoms with Crippen LogP contribution in [0.4, 0.5) is 11.6 Å². The van der Waals surface area contributed by atoms with Crippen LogP contribution in [-0.4, -0.2) is 34.4 Å². The van der Waals surface area contributed by atoms with Gasteiger partial charge in [-0.1, -0.05) is 31.8 Å². The second-order valence-corrected chi connectivity index (χ2v) is 16.8. The number of hydrogen-bond donors (Lipinski definition) is 1. The smallest absolute Gasteiger partial charge is 0.228 e. The minimum atomic E-state index is -1.14. The van der Waals surface area contributed by atoms with Crippen LogP contribution in [0, 0.1) is 0 Å². The number of anilines is 2. The SMILES string of the molecule is C[Si](C)(C)CCOCn1nc(Sc2ccccn2)nc1Nc1c2c(cc3c1CCC3)CCC2. The van der Waals surface area contributed by atoms with Crippen molar-refractivity contribution in [2.75, 3.05) is 11.9 Å². The molecule has 0 radical (unpaired) electrons. The van der Waals surface area contributed by atoms with E-state index in [0.717, 1.165) is 36.5 Å². The Morgan fingerprint density at radius 2 is 1.82 bits per heavy atom. The Morgan fingerprint density at radius 3 is 2.48 bits per heavy atom. The van der Waals surface area contributed by atoms with Gasteiger partial charge in [0, 0.05) is 26.6 Å². The molecule has 0 bridgehead atoms. The van der Waals surface area contributed by atoms with Gasteiger partial charge in [-0.15, -0.1) is 5.10 Å². The maximum Gasteiger partial charge on any atom is 0.228 e. The normalized spacial score (nSPS) is 15.0. The number of ether oxygens (including phenoxy) is 1. The van der Waals surface area contributed by atoms with Crippen molar-refractivity contribution in [1.82, 2.24) is 19.7 Å². The third kappa shape index (κ3) is 5.33. The van der Waals surface area contributed by atoms with E-state index in [1.165, 1.54) is 65.4 Å². The second-order valence-electron chi connectivity index (χ2n) is 10.2. The molecule has 0 saturated heterocycles. The first-order chi connectivity index (χ1) is 16.0. The Balaban J connectivity index is 1.42. The molecule has 0 amide bonds. The Labute approximate surface area is 201 Å². The predicted octanol–water partition coefficient (Wildman–Crippen LogP) is 5.86. The molecule has 0 saturated carbocycles. The monoisotopic (exact) mass is 479 g/mol. The molecule has 3 aromatic rings. The summed E-state index contributed by atoms with van der Waals surface area (Å²) >= 11 is 1.48. The fraction of sp³-hybridized carbons (Fsp3) is 0.480. The summed E-state index contributed by atoms with van der Waals surface area (Å²) in [5.41, 5.74) is 7.26. The fourth-order valence-electron chi connectivity index (χ4n) is 4.66. The van der Waals surface area contributed by atoms with Crippen LogP contribution >= 0.6 is 11.8 Å². The lowest BCUT2D eigenvalue weighted by atomic mass is 9.99. The molecule has 0 aliphatic heterocycles. The summed E-state index contributed by atoms with van der Waals surface area (Å²) in [6.07, 6.45) is 8.92. The summed E-state index contributed by atoms with van der Waals surface area (Å²) < 4.78 is 7.93. The largest absolute Gasteiger partial charge is 0.359 e. The summed E-state index contributed by atoms with van der Waals surface area (Å²) in [7, 11) is -1.14. The van der Waals surface area contributed by atoms with Crippen LogP contribution in [0.1, 0.15) is 35.1 Å². The highest BCUT2D eigenvalue weighted by Crippen LogP contribution is 2.40. The quantitative estimate of drug-likeness (QED) is 0.306. The van der Waals surface area contributed by atoms with Crippen LogP contribution in [0.5, 0.6) is 0 Å². The Morgan fingerprint density at radius 1 is 1.06 bits per heavy atom. The molecule has 2 aromatic heterocycles. The van der Waals surface area contributed by atoms with Crippen molar-refractivity contribution in [2.24, 2.45) is 0 Å². The van der Waals surface area contributed by atoms with Gasteiger partial charge in [0.25, 0.3) is 0 Å². The second kappa shape index (κ2) is 9.60. The number of hydrogen-bond acceptors (Lipinski definition) is 6. The van der Waals surface area contributed by atoms with Crippen LogP contribution in [-0.2, 0) is 37.2 Å². The van der Waals surface area contributed by atoms with Crippen molar-refractivity contribution < 1.29 is 4.74 Å². The Kier molecular flexibility index (Phi) is 6.58. The topological polar surface area (TPSA) is 64.9 Å². The number of nitrogens with zero attached hydrogens (tertiary/aromatic N) is 4. The molecule has 1 N–H and O–H groups in total. The van der Waals surface area contributed by atoms with E-state index in [4.69, 9.17) is 14.8 Å². The van der Waals surface area contributed by atoms with Crippen molar-refractivity contribution >= 4 is 31.5 Å². The highest BCUT2D eigenvalue weighted by atomic mass is 32.2. The van der Waals surface area contributed by atoms with Gasteiger partial charge < -0.3 is 10.1 Å². The van der Waals surface area contributed by atoms with Gasteiger partial charge in [0.2, 0.25) is 11.1 Å². The molecule has 6 nitrogen and oxygen atoms in total. The van der Waals surface area contributed by atoms with Crippen LogP contribution in [0.15, 0.2) is 40.6 Å². The lowest BCUT2D eigenvalue weighted by Gasteiger charge is -2.18. The number of pyridine rings is 1. The third-order valence-electron chi connectivity index (χ3n) is 6.41. The Bertz CT molecular complexity index is 1090. The van der Waals surface area contributed by atoms with E-state index in [2.05, 4.69) is 36.0 Å². The summed E-state index contributed by atoms with van der Waals surface area (Å²) in [6.45, 7) is 8.28. The molecule has 0 spiro atoms. The van der Waals surface area contributed by atoms with Gasteiger partial charge >= 0.3 is 0 Å². The molecule has 0 fully saturated rings. The highest BCUT2D eigenvalue weighted by Gasteiger charge is 2.25. The van der Waals surface area contributed by atoms with Gasteiger partial charge in [-0.05, 0) is 90.7 Å². The molecule has 0 atom stereocenters. The van der Waals surface area contributed by atoms with E-state index in [0.29, 0.717) is 11.9 Å². The summed E-state index contributed by atoms with van der Waals surface area (Å²) in [5.74, 6) is 0.760. The van der Waals surface area contributed by atoms with Crippen molar-refractivity contribution in [1.29, 1.82) is 0 Å². The highest BCUT2D eigenvalue weighted by molar-refractivity contribution is 7.99. The number of fused-ring (bicyclic) bond motifs is 2. The van der Waals surface area contributed by atoms with Gasteiger partial charge in [-0.3, -0.25) is 0 Å². The lowest BCUT2D eigenvalue weighted by molar-refractivity contribution is 0.0792. The average molecular weight is 480 g/mol. The lowest BCUT2D eigenvalue weighted by Crippen LogP contribution is -2.22. The van der Waals surface area contributed by atoms with Gasteiger partial charge in [0.1, 0.15) is 11.8 Å². The number of aromatic nitrogens is 4. The van der Waals surface area contributed by atoms with E-state index >= 15 is 0 Å². The number of nitrogens with one attached hydrogen (secondary N) is 1. The van der Waals surface area contributed by atoms with Gasteiger partial charge in [0.15, 0.2) is 0 Å². The number of benzene rings is 1. The first-order valence-electron chi connectivity index (χ1n) is 12.0. The molecule has 0 unspecified atom stereocenters. The van der Waals surface area contributed by atoms with Crippen molar-refractivity contribution in [3.8, 4) is 0 Å². The van der Waals surface area contributed by atoms with E-state index < -0.39 is 8.07 Å². The molecule has 1 aromatic carbocycles. The standard InChI is InChI=1S/C25H33N5OSSi/c1-33(2,3)15-14-31-17-30-24(28-25(29-30)32-22-12-4-5-13-26-22)27-23-20-10-6-8-18(20)16-19-9-7-11-21(19)23/h4-5,12-13,16H,6-11,14-15,17H2,1-3H3,(H,27,28,29). The van der Waals surface area contributed by atoms with Crippen LogP contribution in [0.2, 0.25) is 25.7 Å². The minimum absolute atomic E-state index is 0.403. The maximum absolute atomic E-state index is 6.05. The van der Waals surface area contributed by atoms with Crippen LogP contribution < -0.4 is 5.32 Å². The summed E-state index contributed by atoms with van der Waals surface area (Å²) in [5, 5.41) is 10.1. The molecular weight excluding hydrogens is 446 g/mol. The fourth-order valence-corrected chi connectivity index (χ4v) is 6.13. The zero-order chi connectivity index (χ0) is 22.8. The van der Waals surface area contributed by atoms with Gasteiger partial charge in [-0.25, -0.2) is 9.67 Å². The predicted molar refractivity (Wildman–Crippen MR) is 136 cm³/mol. The van der Waals surface area contributed by atoms with E-state index in [9.17, 15) is 0 Å². The first-order valence-corrected chi connectivity index (χ1v) is 16.5. The van der Waals surface area contributed by atoms with E-state index in [-0.39, 0.29) is 0 Å². The molecule has 8 heteroatoms. The third-order valence-corrected chi connectivity index (χ3v) is 8.92. The summed E-state index contributed by atoms with van der Waals surface area (Å²) in [4.78, 5) is 9.29. The molecule has 2 heterocycles. The van der Waals surface area contributed by atoms with E-state index in [1.807, 2.05) is 22.9 Å². The van der Waals surface area contributed by atoms with E-state index in [1.54, 1.807) is 6.20 Å². The van der Waals surface area contributed by atoms with Crippen molar-refractivity contribution in [3.05, 3.63) is 52.7 Å². The van der Waals surface area contributed by atoms with Crippen LogP contribution in [0.3, 0.4) is 0 Å². The first kappa shape index (κ1) is 22.6. The average Bonchev–Trinajstić information content (AvgIpc) is 3.51. The minimum Gasteiger partial charge on any atom is -0.359 e. The molecule has 33 heavy (non-hydrogen) atoms. The van der Waals surface area contributed by atoms with Gasteiger partial charge in [0.05, 0.1) is 0 Å². The molecule has 2 aliphatic rings. The van der Waals surface area contributed by atoms with Gasteiger partial charge in [-0.2, -0.15) is 4.98 Å². The summed E-state index contributed by atoms with van der Waals surface area (Å²) in [6, 6.07) is 9.50. The molecule has 5 rings (SSSR count). The number of aryl methyl sites for hydroxylation is 2. The molecule has 2 aliphatic carbocycles. The zero-order valence-electron chi connectivity index (χ0n) is 19.9. The zero-order valence-corrected chi connectivity index (χ0v) is 21.7. The number of rotatable bonds is 9. The Hall–Kier alpha value is -2.16.